The van der Waals surface area contributed by atoms with Crippen LogP contribution in [0.5, 0.6) is 0 Å². The molecule has 3 N–H and O–H groups in total. The molecule has 0 radical (unpaired) electrons. The third kappa shape index (κ3) is 8.56. The Morgan fingerprint density at radius 1 is 1.07 bits per heavy atom. The Hall–Kier alpha value is -2.54. The summed E-state index contributed by atoms with van der Waals surface area (Å²) in [6.45, 7) is 4.07. The average molecular weight is 417 g/mol. The zero-order chi connectivity index (χ0) is 20.9. The Bertz CT molecular complexity index is 796. The molecule has 0 bridgehead atoms. The standard InChI is InChI=1S/C22H29FN4OS/c1-3-12-25-21(28)18-7-4-6-17(15-18)16-27-22(24-2)26-13-5-14-29-20-10-8-19(23)9-11-20/h4,6-11,15H,3,5,12-14,16H2,1-2H3,(H,25,28)(H2,24,26,27). The average Bonchev–Trinajstić information content (AvgIpc) is 2.75. The molecule has 2 aromatic carbocycles. The van der Waals surface area contributed by atoms with Crippen LogP contribution >= 0.6 is 11.8 Å². The maximum Gasteiger partial charge on any atom is 0.251 e. The van der Waals surface area contributed by atoms with Crippen LogP contribution in [0.3, 0.4) is 0 Å². The number of thioether (sulfide) groups is 1. The summed E-state index contributed by atoms with van der Waals surface area (Å²) in [7, 11) is 1.73. The molecule has 7 heteroatoms. The fourth-order valence-electron chi connectivity index (χ4n) is 2.57. The number of aliphatic imine (C=N–C) groups is 1. The summed E-state index contributed by atoms with van der Waals surface area (Å²) in [6, 6.07) is 14.1. The third-order valence-electron chi connectivity index (χ3n) is 4.10. The first-order valence-corrected chi connectivity index (χ1v) is 10.8. The van der Waals surface area contributed by atoms with E-state index in [0.29, 0.717) is 18.7 Å². The predicted molar refractivity (Wildman–Crippen MR) is 119 cm³/mol. The number of hydrogen-bond donors (Lipinski definition) is 3. The summed E-state index contributed by atoms with van der Waals surface area (Å²) in [5, 5.41) is 9.45. The van der Waals surface area contributed by atoms with Gasteiger partial charge in [0.1, 0.15) is 5.82 Å². The maximum atomic E-state index is 12.9. The minimum atomic E-state index is -0.210. The first kappa shape index (κ1) is 22.7. The zero-order valence-corrected chi connectivity index (χ0v) is 17.8. The van der Waals surface area contributed by atoms with Gasteiger partial charge >= 0.3 is 0 Å². The summed E-state index contributed by atoms with van der Waals surface area (Å²) in [5.41, 5.74) is 1.68. The lowest BCUT2D eigenvalue weighted by atomic mass is 10.1. The number of hydrogen-bond acceptors (Lipinski definition) is 3. The van der Waals surface area contributed by atoms with Crippen molar-refractivity contribution >= 4 is 23.6 Å². The molecule has 0 unspecified atom stereocenters. The lowest BCUT2D eigenvalue weighted by Gasteiger charge is -2.12. The number of nitrogens with one attached hydrogen (secondary N) is 3. The molecule has 2 aromatic rings. The van der Waals surface area contributed by atoms with Gasteiger partial charge in [-0.25, -0.2) is 4.39 Å². The Labute approximate surface area is 176 Å². The quantitative estimate of drug-likeness (QED) is 0.238. The first-order valence-electron chi connectivity index (χ1n) is 9.82. The van der Waals surface area contributed by atoms with E-state index >= 15 is 0 Å². The van der Waals surface area contributed by atoms with Gasteiger partial charge in [0.15, 0.2) is 5.96 Å². The van der Waals surface area contributed by atoms with E-state index in [1.807, 2.05) is 31.2 Å². The second kappa shape index (κ2) is 12.8. The van der Waals surface area contributed by atoms with Crippen molar-refractivity contribution in [1.82, 2.24) is 16.0 Å². The Kier molecular flexibility index (Phi) is 10.1. The summed E-state index contributed by atoms with van der Waals surface area (Å²) < 4.78 is 12.9. The fourth-order valence-corrected chi connectivity index (χ4v) is 3.42. The van der Waals surface area contributed by atoms with Gasteiger partial charge in [-0.05, 0) is 60.6 Å². The molecule has 0 atom stereocenters. The molecule has 0 saturated carbocycles. The third-order valence-corrected chi connectivity index (χ3v) is 5.20. The second-order valence-corrected chi connectivity index (χ2v) is 7.63. The number of nitrogens with zero attached hydrogens (tertiary/aromatic N) is 1. The number of rotatable bonds is 10. The Balaban J connectivity index is 1.70. The van der Waals surface area contributed by atoms with E-state index in [9.17, 15) is 9.18 Å². The van der Waals surface area contributed by atoms with Crippen LogP contribution in [0.1, 0.15) is 35.7 Å². The molecule has 156 valence electrons. The number of benzene rings is 2. The van der Waals surface area contributed by atoms with Gasteiger partial charge in [0.05, 0.1) is 0 Å². The van der Waals surface area contributed by atoms with Crippen molar-refractivity contribution in [2.75, 3.05) is 25.9 Å². The smallest absolute Gasteiger partial charge is 0.251 e. The van der Waals surface area contributed by atoms with E-state index in [1.165, 1.54) is 12.1 Å². The van der Waals surface area contributed by atoms with E-state index < -0.39 is 0 Å². The summed E-state index contributed by atoms with van der Waals surface area (Å²) >= 11 is 1.70. The molecule has 0 fully saturated rings. The number of carbonyl (C=O) groups is 1. The molecule has 0 aromatic heterocycles. The van der Waals surface area contributed by atoms with E-state index in [0.717, 1.165) is 41.6 Å². The number of guanidine groups is 1. The highest BCUT2D eigenvalue weighted by atomic mass is 32.2. The zero-order valence-electron chi connectivity index (χ0n) is 17.0. The molecule has 0 spiro atoms. The van der Waals surface area contributed by atoms with Crippen LogP contribution < -0.4 is 16.0 Å². The number of amides is 1. The molecule has 2 rings (SSSR count). The van der Waals surface area contributed by atoms with E-state index in [-0.39, 0.29) is 11.7 Å². The highest BCUT2D eigenvalue weighted by Crippen LogP contribution is 2.18. The molecule has 1 amide bonds. The van der Waals surface area contributed by atoms with Crippen LogP contribution in [0.4, 0.5) is 4.39 Å². The maximum absolute atomic E-state index is 12.9. The molecule has 29 heavy (non-hydrogen) atoms. The van der Waals surface area contributed by atoms with Crippen molar-refractivity contribution in [3.63, 3.8) is 0 Å². The van der Waals surface area contributed by atoms with Gasteiger partial charge in [-0.3, -0.25) is 9.79 Å². The minimum absolute atomic E-state index is 0.0464. The van der Waals surface area contributed by atoms with Crippen molar-refractivity contribution < 1.29 is 9.18 Å². The molecule has 0 aliphatic carbocycles. The Morgan fingerprint density at radius 2 is 1.86 bits per heavy atom. The van der Waals surface area contributed by atoms with Gasteiger partial charge in [0, 0.05) is 37.1 Å². The highest BCUT2D eigenvalue weighted by Gasteiger charge is 2.06. The van der Waals surface area contributed by atoms with Crippen LogP contribution in [0.2, 0.25) is 0 Å². The first-order chi connectivity index (χ1) is 14.1. The topological polar surface area (TPSA) is 65.5 Å². The van der Waals surface area contributed by atoms with E-state index in [1.54, 1.807) is 30.9 Å². The van der Waals surface area contributed by atoms with E-state index in [2.05, 4.69) is 20.9 Å². The lowest BCUT2D eigenvalue weighted by Crippen LogP contribution is -2.37. The van der Waals surface area contributed by atoms with Gasteiger partial charge in [-0.2, -0.15) is 0 Å². The molecular formula is C22H29FN4OS. The van der Waals surface area contributed by atoms with Crippen molar-refractivity contribution in [2.24, 2.45) is 4.99 Å². The van der Waals surface area contributed by atoms with Crippen molar-refractivity contribution in [1.29, 1.82) is 0 Å². The van der Waals surface area contributed by atoms with Gasteiger partial charge in [-0.15, -0.1) is 11.8 Å². The molecule has 0 heterocycles. The summed E-state index contributed by atoms with van der Waals surface area (Å²) in [6.07, 6.45) is 1.87. The van der Waals surface area contributed by atoms with Gasteiger partial charge in [0.2, 0.25) is 0 Å². The van der Waals surface area contributed by atoms with Crippen LogP contribution in [0.25, 0.3) is 0 Å². The summed E-state index contributed by atoms with van der Waals surface area (Å²) in [5.74, 6) is 1.40. The SMILES string of the molecule is CCCNC(=O)c1cccc(CNC(=NC)NCCCSc2ccc(F)cc2)c1. The van der Waals surface area contributed by atoms with Crippen molar-refractivity contribution in [2.45, 2.75) is 31.2 Å². The predicted octanol–water partition coefficient (Wildman–Crippen LogP) is 3.81. The molecule has 0 saturated heterocycles. The van der Waals surface area contributed by atoms with Crippen molar-refractivity contribution in [3.05, 3.63) is 65.5 Å². The molecular weight excluding hydrogens is 387 g/mol. The van der Waals surface area contributed by atoms with Gasteiger partial charge in [0.25, 0.3) is 5.91 Å². The lowest BCUT2D eigenvalue weighted by molar-refractivity contribution is 0.0953. The number of carbonyl (C=O) groups excluding carboxylic acids is 1. The van der Waals surface area contributed by atoms with Crippen LogP contribution in [-0.2, 0) is 6.54 Å². The molecule has 0 aliphatic heterocycles. The van der Waals surface area contributed by atoms with Gasteiger partial charge < -0.3 is 16.0 Å². The van der Waals surface area contributed by atoms with Crippen molar-refractivity contribution in [3.8, 4) is 0 Å². The van der Waals surface area contributed by atoms with Gasteiger partial charge in [-0.1, -0.05) is 19.1 Å². The largest absolute Gasteiger partial charge is 0.356 e. The van der Waals surface area contributed by atoms with Crippen LogP contribution in [0.15, 0.2) is 58.4 Å². The highest BCUT2D eigenvalue weighted by molar-refractivity contribution is 7.99. The van der Waals surface area contributed by atoms with E-state index in [4.69, 9.17) is 0 Å². The summed E-state index contributed by atoms with van der Waals surface area (Å²) in [4.78, 5) is 17.4. The molecule has 0 aliphatic rings. The second-order valence-electron chi connectivity index (χ2n) is 6.46. The minimum Gasteiger partial charge on any atom is -0.356 e. The number of halogens is 1. The molecule has 5 nitrogen and oxygen atoms in total. The fraction of sp³-hybridized carbons (Fsp3) is 0.364. The monoisotopic (exact) mass is 416 g/mol. The van der Waals surface area contributed by atoms with Crippen LogP contribution in [-0.4, -0.2) is 37.8 Å². The Morgan fingerprint density at radius 3 is 2.59 bits per heavy atom. The normalized spacial score (nSPS) is 11.2. The van der Waals surface area contributed by atoms with Crippen LogP contribution in [0, 0.1) is 5.82 Å².